The Bertz CT molecular complexity index is 925. The molecular formula is C21H26N2O4S. The van der Waals surface area contributed by atoms with E-state index in [2.05, 4.69) is 5.32 Å². The molecule has 1 amide bonds. The first-order valence-electron chi connectivity index (χ1n) is 9.36. The molecule has 0 bridgehead atoms. The van der Waals surface area contributed by atoms with E-state index in [9.17, 15) is 18.3 Å². The standard InChI is InChI=1S/C21H26N2O4S/c1-21(2,17-7-4-3-5-8-17)22-20(25)16-10-12-19(13-11-16)28(26,27)23-14-6-9-18(24)15-23/h3-5,7-8,10-13,18,24H,6,9,14-15H2,1-2H3,(H,22,25)/t18-/m0/s1. The van der Waals surface area contributed by atoms with Gasteiger partial charge in [0.25, 0.3) is 5.91 Å². The summed E-state index contributed by atoms with van der Waals surface area (Å²) in [7, 11) is -3.67. The van der Waals surface area contributed by atoms with Crippen molar-refractivity contribution in [2.75, 3.05) is 13.1 Å². The second kappa shape index (κ2) is 8.03. The number of hydrogen-bond acceptors (Lipinski definition) is 4. The van der Waals surface area contributed by atoms with Gasteiger partial charge < -0.3 is 10.4 Å². The number of amides is 1. The molecule has 1 saturated heterocycles. The molecule has 0 aromatic heterocycles. The zero-order chi connectivity index (χ0) is 20.4. The van der Waals surface area contributed by atoms with E-state index in [4.69, 9.17) is 0 Å². The topological polar surface area (TPSA) is 86.7 Å². The van der Waals surface area contributed by atoms with Gasteiger partial charge >= 0.3 is 0 Å². The Kier molecular flexibility index (Phi) is 5.88. The van der Waals surface area contributed by atoms with E-state index in [-0.39, 0.29) is 17.3 Å². The van der Waals surface area contributed by atoms with Crippen molar-refractivity contribution in [3.05, 3.63) is 65.7 Å². The fourth-order valence-corrected chi connectivity index (χ4v) is 4.87. The number of sulfonamides is 1. The van der Waals surface area contributed by atoms with Crippen LogP contribution in [0, 0.1) is 0 Å². The summed E-state index contributed by atoms with van der Waals surface area (Å²) in [5.74, 6) is -0.272. The highest BCUT2D eigenvalue weighted by atomic mass is 32.2. The van der Waals surface area contributed by atoms with Gasteiger partial charge in [0.2, 0.25) is 10.0 Å². The summed E-state index contributed by atoms with van der Waals surface area (Å²) in [5, 5.41) is 12.7. The minimum atomic E-state index is -3.67. The Balaban J connectivity index is 1.74. The maximum absolute atomic E-state index is 12.7. The normalized spacial score (nSPS) is 18.6. The molecular weight excluding hydrogens is 376 g/mol. The number of β-amino-alcohol motifs (C(OH)–C–C–N with tert-alkyl or cyclic N) is 1. The number of carbonyl (C=O) groups is 1. The lowest BCUT2D eigenvalue weighted by molar-refractivity contribution is 0.0912. The molecule has 150 valence electrons. The minimum absolute atomic E-state index is 0.107. The predicted octanol–water partition coefficient (Wildman–Crippen LogP) is 2.50. The van der Waals surface area contributed by atoms with Gasteiger partial charge in [0.15, 0.2) is 0 Å². The molecule has 0 radical (unpaired) electrons. The molecule has 0 spiro atoms. The van der Waals surface area contributed by atoms with Gasteiger partial charge in [-0.2, -0.15) is 4.31 Å². The smallest absolute Gasteiger partial charge is 0.251 e. The quantitative estimate of drug-likeness (QED) is 0.805. The monoisotopic (exact) mass is 402 g/mol. The van der Waals surface area contributed by atoms with Crippen molar-refractivity contribution in [2.45, 2.75) is 43.2 Å². The lowest BCUT2D eigenvalue weighted by atomic mass is 9.94. The molecule has 2 N–H and O–H groups in total. The van der Waals surface area contributed by atoms with Crippen molar-refractivity contribution < 1.29 is 18.3 Å². The van der Waals surface area contributed by atoms with E-state index >= 15 is 0 Å². The van der Waals surface area contributed by atoms with Crippen LogP contribution in [0.1, 0.15) is 42.6 Å². The Morgan fingerprint density at radius 2 is 1.75 bits per heavy atom. The minimum Gasteiger partial charge on any atom is -0.392 e. The van der Waals surface area contributed by atoms with Crippen LogP contribution in [0.4, 0.5) is 0 Å². The van der Waals surface area contributed by atoms with Crippen molar-refractivity contribution >= 4 is 15.9 Å². The highest BCUT2D eigenvalue weighted by molar-refractivity contribution is 7.89. The van der Waals surface area contributed by atoms with Crippen molar-refractivity contribution in [1.29, 1.82) is 0 Å². The van der Waals surface area contributed by atoms with Gasteiger partial charge in [0.1, 0.15) is 0 Å². The number of rotatable bonds is 5. The van der Waals surface area contributed by atoms with Gasteiger partial charge in [0.05, 0.1) is 16.5 Å². The second-order valence-corrected chi connectivity index (χ2v) is 9.57. The van der Waals surface area contributed by atoms with Gasteiger partial charge in [-0.1, -0.05) is 30.3 Å². The molecule has 2 aromatic rings. The number of aliphatic hydroxyl groups excluding tert-OH is 1. The number of benzene rings is 2. The highest BCUT2D eigenvalue weighted by Crippen LogP contribution is 2.23. The molecule has 1 atom stereocenters. The first kappa shape index (κ1) is 20.5. The zero-order valence-corrected chi connectivity index (χ0v) is 16.9. The van der Waals surface area contributed by atoms with Gasteiger partial charge in [-0.15, -0.1) is 0 Å². The molecule has 3 rings (SSSR count). The van der Waals surface area contributed by atoms with E-state index in [1.165, 1.54) is 28.6 Å². The van der Waals surface area contributed by atoms with Crippen LogP contribution in [0.25, 0.3) is 0 Å². The zero-order valence-electron chi connectivity index (χ0n) is 16.1. The van der Waals surface area contributed by atoms with E-state index < -0.39 is 21.7 Å². The summed E-state index contributed by atoms with van der Waals surface area (Å²) in [6.07, 6.45) is 0.617. The van der Waals surface area contributed by atoms with Crippen LogP contribution in [-0.2, 0) is 15.6 Å². The highest BCUT2D eigenvalue weighted by Gasteiger charge is 2.30. The fraction of sp³-hybridized carbons (Fsp3) is 0.381. The predicted molar refractivity (Wildman–Crippen MR) is 107 cm³/mol. The molecule has 0 saturated carbocycles. The Labute approximate surface area is 166 Å². The number of piperidine rings is 1. The Hall–Kier alpha value is -2.22. The molecule has 1 aliphatic heterocycles. The summed E-state index contributed by atoms with van der Waals surface area (Å²) < 4.78 is 26.8. The molecule has 1 aliphatic rings. The van der Waals surface area contributed by atoms with Crippen molar-refractivity contribution in [2.24, 2.45) is 0 Å². The van der Waals surface area contributed by atoms with E-state index in [0.29, 0.717) is 24.9 Å². The van der Waals surface area contributed by atoms with E-state index in [1.807, 2.05) is 44.2 Å². The summed E-state index contributed by atoms with van der Waals surface area (Å²) in [4.78, 5) is 12.8. The second-order valence-electron chi connectivity index (χ2n) is 7.63. The van der Waals surface area contributed by atoms with Gasteiger partial charge in [-0.3, -0.25) is 4.79 Å². The van der Waals surface area contributed by atoms with Crippen LogP contribution < -0.4 is 5.32 Å². The average Bonchev–Trinajstić information content (AvgIpc) is 2.68. The van der Waals surface area contributed by atoms with Crippen LogP contribution in [-0.4, -0.2) is 42.9 Å². The van der Waals surface area contributed by atoms with Crippen LogP contribution in [0.2, 0.25) is 0 Å². The van der Waals surface area contributed by atoms with Crippen molar-refractivity contribution in [3.63, 3.8) is 0 Å². The van der Waals surface area contributed by atoms with Crippen LogP contribution in [0.15, 0.2) is 59.5 Å². The number of hydrogen-bond donors (Lipinski definition) is 2. The number of nitrogens with zero attached hydrogens (tertiary/aromatic N) is 1. The molecule has 7 heteroatoms. The van der Waals surface area contributed by atoms with E-state index in [1.54, 1.807) is 0 Å². The third kappa shape index (κ3) is 4.43. The summed E-state index contributed by atoms with van der Waals surface area (Å²) in [6, 6.07) is 15.6. The summed E-state index contributed by atoms with van der Waals surface area (Å²) in [5.41, 5.74) is 0.806. The van der Waals surface area contributed by atoms with E-state index in [0.717, 1.165) is 5.56 Å². The lowest BCUT2D eigenvalue weighted by Crippen LogP contribution is -2.42. The SMILES string of the molecule is CC(C)(NC(=O)c1ccc(S(=O)(=O)N2CCC[C@H](O)C2)cc1)c1ccccc1. The lowest BCUT2D eigenvalue weighted by Gasteiger charge is -2.29. The molecule has 1 heterocycles. The average molecular weight is 403 g/mol. The number of nitrogens with one attached hydrogen (secondary N) is 1. The van der Waals surface area contributed by atoms with Gasteiger partial charge in [0, 0.05) is 18.7 Å². The molecule has 2 aromatic carbocycles. The van der Waals surface area contributed by atoms with Crippen LogP contribution in [0.5, 0.6) is 0 Å². The van der Waals surface area contributed by atoms with Crippen LogP contribution >= 0.6 is 0 Å². The molecule has 0 aliphatic carbocycles. The van der Waals surface area contributed by atoms with Gasteiger partial charge in [-0.05, 0) is 56.5 Å². The number of carbonyl (C=O) groups excluding carboxylic acids is 1. The Morgan fingerprint density at radius 1 is 1.11 bits per heavy atom. The first-order valence-corrected chi connectivity index (χ1v) is 10.8. The Morgan fingerprint density at radius 3 is 2.36 bits per heavy atom. The third-order valence-corrected chi connectivity index (χ3v) is 6.91. The number of aliphatic hydroxyl groups is 1. The molecule has 28 heavy (non-hydrogen) atoms. The van der Waals surface area contributed by atoms with Gasteiger partial charge in [-0.25, -0.2) is 8.42 Å². The maximum atomic E-state index is 12.7. The molecule has 1 fully saturated rings. The van der Waals surface area contributed by atoms with Crippen molar-refractivity contribution in [3.8, 4) is 0 Å². The summed E-state index contributed by atoms with van der Waals surface area (Å²) in [6.45, 7) is 4.34. The first-order chi connectivity index (χ1) is 13.2. The maximum Gasteiger partial charge on any atom is 0.251 e. The fourth-order valence-electron chi connectivity index (χ4n) is 3.35. The molecule has 6 nitrogen and oxygen atoms in total. The molecule has 0 unspecified atom stereocenters. The van der Waals surface area contributed by atoms with Crippen LogP contribution in [0.3, 0.4) is 0 Å². The van der Waals surface area contributed by atoms with Crippen molar-refractivity contribution in [1.82, 2.24) is 9.62 Å². The largest absolute Gasteiger partial charge is 0.392 e. The summed E-state index contributed by atoms with van der Waals surface area (Å²) >= 11 is 0. The third-order valence-electron chi connectivity index (χ3n) is 5.04.